The SMILES string of the molecule is CC1(C)OC[C@@H](O)[C@H](COCc2ccccc2)O1. The van der Waals surface area contributed by atoms with Crippen molar-refractivity contribution in [3.8, 4) is 0 Å². The van der Waals surface area contributed by atoms with Gasteiger partial charge in [0.2, 0.25) is 0 Å². The van der Waals surface area contributed by atoms with Crippen LogP contribution in [0.25, 0.3) is 0 Å². The molecule has 1 aliphatic rings. The van der Waals surface area contributed by atoms with Crippen LogP contribution in [-0.2, 0) is 20.8 Å². The summed E-state index contributed by atoms with van der Waals surface area (Å²) >= 11 is 0. The third kappa shape index (κ3) is 3.78. The Morgan fingerprint density at radius 3 is 2.78 bits per heavy atom. The quantitative estimate of drug-likeness (QED) is 0.886. The van der Waals surface area contributed by atoms with E-state index in [1.54, 1.807) is 0 Å². The Labute approximate surface area is 107 Å². The van der Waals surface area contributed by atoms with Gasteiger partial charge in [0.05, 0.1) is 19.8 Å². The maximum Gasteiger partial charge on any atom is 0.163 e. The highest BCUT2D eigenvalue weighted by Crippen LogP contribution is 2.22. The molecule has 1 N–H and O–H groups in total. The van der Waals surface area contributed by atoms with Gasteiger partial charge in [-0.05, 0) is 19.4 Å². The van der Waals surface area contributed by atoms with Gasteiger partial charge in [0.15, 0.2) is 5.79 Å². The van der Waals surface area contributed by atoms with Gasteiger partial charge in [-0.2, -0.15) is 0 Å². The molecule has 0 bridgehead atoms. The molecule has 0 amide bonds. The van der Waals surface area contributed by atoms with Crippen molar-refractivity contribution < 1.29 is 19.3 Å². The molecule has 0 radical (unpaired) electrons. The normalized spacial score (nSPS) is 27.1. The number of hydrogen-bond acceptors (Lipinski definition) is 4. The largest absolute Gasteiger partial charge is 0.388 e. The van der Waals surface area contributed by atoms with E-state index in [0.29, 0.717) is 13.2 Å². The second kappa shape index (κ2) is 5.80. The summed E-state index contributed by atoms with van der Waals surface area (Å²) in [6.07, 6.45) is -0.966. The van der Waals surface area contributed by atoms with Gasteiger partial charge in [0, 0.05) is 0 Å². The molecule has 2 atom stereocenters. The van der Waals surface area contributed by atoms with Gasteiger partial charge in [-0.1, -0.05) is 30.3 Å². The topological polar surface area (TPSA) is 47.9 Å². The number of aliphatic hydroxyl groups is 1. The summed E-state index contributed by atoms with van der Waals surface area (Å²) in [5, 5.41) is 9.77. The third-order valence-corrected chi connectivity index (χ3v) is 2.86. The predicted octanol–water partition coefficient (Wildman–Crippen LogP) is 1.72. The molecule has 1 aromatic carbocycles. The number of hydrogen-bond donors (Lipinski definition) is 1. The van der Waals surface area contributed by atoms with Gasteiger partial charge in [-0.25, -0.2) is 0 Å². The van der Waals surface area contributed by atoms with E-state index in [-0.39, 0.29) is 12.7 Å². The summed E-state index contributed by atoms with van der Waals surface area (Å²) in [6.45, 7) is 4.84. The number of rotatable bonds is 4. The maximum atomic E-state index is 9.77. The van der Waals surface area contributed by atoms with Crippen LogP contribution in [0, 0.1) is 0 Å². The fraction of sp³-hybridized carbons (Fsp3) is 0.571. The molecule has 4 heteroatoms. The Hall–Kier alpha value is -0.940. The molecule has 0 aliphatic carbocycles. The van der Waals surface area contributed by atoms with Crippen LogP contribution in [-0.4, -0.2) is 36.3 Å². The van der Waals surface area contributed by atoms with Crippen molar-refractivity contribution in [3.63, 3.8) is 0 Å². The molecule has 0 saturated carbocycles. The van der Waals surface area contributed by atoms with Crippen molar-refractivity contribution in [3.05, 3.63) is 35.9 Å². The van der Waals surface area contributed by atoms with Crippen LogP contribution in [0.4, 0.5) is 0 Å². The van der Waals surface area contributed by atoms with Crippen LogP contribution in [0.3, 0.4) is 0 Å². The lowest BCUT2D eigenvalue weighted by Crippen LogP contribution is -2.50. The van der Waals surface area contributed by atoms with Gasteiger partial charge in [0.1, 0.15) is 12.2 Å². The Bertz CT molecular complexity index is 363. The minimum atomic E-state index is -0.653. The monoisotopic (exact) mass is 252 g/mol. The Morgan fingerprint density at radius 2 is 2.06 bits per heavy atom. The van der Waals surface area contributed by atoms with Gasteiger partial charge in [0.25, 0.3) is 0 Å². The van der Waals surface area contributed by atoms with E-state index < -0.39 is 11.9 Å². The van der Waals surface area contributed by atoms with E-state index in [4.69, 9.17) is 14.2 Å². The second-order valence-electron chi connectivity index (χ2n) is 4.94. The highest BCUT2D eigenvalue weighted by atomic mass is 16.7. The molecule has 0 unspecified atom stereocenters. The van der Waals surface area contributed by atoms with Crippen LogP contribution in [0.15, 0.2) is 30.3 Å². The molecule has 0 aromatic heterocycles. The molecular weight excluding hydrogens is 232 g/mol. The molecule has 4 nitrogen and oxygen atoms in total. The standard InChI is InChI=1S/C14H20O4/c1-14(2)17-9-12(15)13(18-14)10-16-8-11-6-4-3-5-7-11/h3-7,12-13,15H,8-10H2,1-2H3/t12-,13+/m1/s1. The van der Waals surface area contributed by atoms with Crippen molar-refractivity contribution in [2.45, 2.75) is 38.4 Å². The smallest absolute Gasteiger partial charge is 0.163 e. The molecule has 1 saturated heterocycles. The number of ether oxygens (including phenoxy) is 3. The van der Waals surface area contributed by atoms with Crippen LogP contribution in [0.5, 0.6) is 0 Å². The highest BCUT2D eigenvalue weighted by molar-refractivity contribution is 5.13. The van der Waals surface area contributed by atoms with Gasteiger partial charge in [-0.15, -0.1) is 0 Å². The average Bonchev–Trinajstić information content (AvgIpc) is 2.35. The van der Waals surface area contributed by atoms with Crippen LogP contribution < -0.4 is 0 Å². The van der Waals surface area contributed by atoms with Crippen LogP contribution in [0.2, 0.25) is 0 Å². The zero-order valence-corrected chi connectivity index (χ0v) is 10.8. The molecule has 0 spiro atoms. The lowest BCUT2D eigenvalue weighted by molar-refractivity contribution is -0.310. The summed E-state index contributed by atoms with van der Waals surface area (Å²) in [4.78, 5) is 0. The van der Waals surface area contributed by atoms with Gasteiger partial charge < -0.3 is 19.3 Å². The van der Waals surface area contributed by atoms with Crippen molar-refractivity contribution in [2.75, 3.05) is 13.2 Å². The van der Waals surface area contributed by atoms with Crippen molar-refractivity contribution in [2.24, 2.45) is 0 Å². The van der Waals surface area contributed by atoms with Crippen molar-refractivity contribution >= 4 is 0 Å². The fourth-order valence-electron chi connectivity index (χ4n) is 1.88. The Balaban J connectivity index is 1.79. The van der Waals surface area contributed by atoms with E-state index in [0.717, 1.165) is 5.56 Å². The van der Waals surface area contributed by atoms with E-state index >= 15 is 0 Å². The van der Waals surface area contributed by atoms with E-state index in [1.165, 1.54) is 0 Å². The van der Waals surface area contributed by atoms with Crippen LogP contribution >= 0.6 is 0 Å². The summed E-state index contributed by atoms with van der Waals surface area (Å²) in [5.41, 5.74) is 1.11. The summed E-state index contributed by atoms with van der Waals surface area (Å²) in [5.74, 6) is -0.653. The van der Waals surface area contributed by atoms with E-state index in [2.05, 4.69) is 0 Å². The summed E-state index contributed by atoms with van der Waals surface area (Å²) < 4.78 is 16.6. The lowest BCUT2D eigenvalue weighted by Gasteiger charge is -2.38. The molecule has 1 fully saturated rings. The predicted molar refractivity (Wildman–Crippen MR) is 67.0 cm³/mol. The Morgan fingerprint density at radius 1 is 1.33 bits per heavy atom. The third-order valence-electron chi connectivity index (χ3n) is 2.86. The minimum absolute atomic E-state index is 0.284. The first-order valence-electron chi connectivity index (χ1n) is 6.18. The minimum Gasteiger partial charge on any atom is -0.388 e. The molecular formula is C14H20O4. The zero-order valence-electron chi connectivity index (χ0n) is 10.8. The maximum absolute atomic E-state index is 9.77. The number of benzene rings is 1. The summed E-state index contributed by atoms with van der Waals surface area (Å²) in [6, 6.07) is 9.93. The first-order chi connectivity index (χ1) is 8.57. The molecule has 1 aromatic rings. The lowest BCUT2D eigenvalue weighted by atomic mass is 10.2. The molecule has 1 heterocycles. The van der Waals surface area contributed by atoms with Crippen LogP contribution in [0.1, 0.15) is 19.4 Å². The molecule has 18 heavy (non-hydrogen) atoms. The average molecular weight is 252 g/mol. The second-order valence-corrected chi connectivity index (χ2v) is 4.94. The molecule has 2 rings (SSSR count). The Kier molecular flexibility index (Phi) is 4.35. The molecule has 100 valence electrons. The van der Waals surface area contributed by atoms with E-state index in [9.17, 15) is 5.11 Å². The number of aliphatic hydroxyl groups excluding tert-OH is 1. The van der Waals surface area contributed by atoms with Gasteiger partial charge >= 0.3 is 0 Å². The summed E-state index contributed by atoms with van der Waals surface area (Å²) in [7, 11) is 0. The highest BCUT2D eigenvalue weighted by Gasteiger charge is 2.35. The fourth-order valence-corrected chi connectivity index (χ4v) is 1.88. The van der Waals surface area contributed by atoms with Crippen molar-refractivity contribution in [1.29, 1.82) is 0 Å². The van der Waals surface area contributed by atoms with E-state index in [1.807, 2.05) is 44.2 Å². The van der Waals surface area contributed by atoms with Crippen molar-refractivity contribution in [1.82, 2.24) is 0 Å². The van der Waals surface area contributed by atoms with Gasteiger partial charge in [-0.3, -0.25) is 0 Å². The first kappa shape index (κ1) is 13.5. The first-order valence-corrected chi connectivity index (χ1v) is 6.18. The zero-order chi connectivity index (χ0) is 13.0. The molecule has 1 aliphatic heterocycles.